The molecule has 0 aliphatic carbocycles. The Bertz CT molecular complexity index is 946. The summed E-state index contributed by atoms with van der Waals surface area (Å²) in [6, 6.07) is 0. The highest BCUT2D eigenvalue weighted by Crippen LogP contribution is 2.29. The van der Waals surface area contributed by atoms with E-state index in [1.807, 2.05) is 20.8 Å². The maximum absolute atomic E-state index is 12.9. The number of rotatable bonds is 6. The molecule has 0 bridgehead atoms. The fourth-order valence-corrected chi connectivity index (χ4v) is 3.90. The smallest absolute Gasteiger partial charge is 0.323 e. The second-order valence-corrected chi connectivity index (χ2v) is 7.92. The molecular formula is C18H24N4O4S. The predicted octanol–water partition coefficient (Wildman–Crippen LogP) is 2.01. The largest absolute Gasteiger partial charge is 0.480 e. The van der Waals surface area contributed by atoms with Crippen LogP contribution in [0.25, 0.3) is 10.6 Å². The van der Waals surface area contributed by atoms with Crippen LogP contribution >= 0.6 is 11.3 Å². The Balaban J connectivity index is 2.52. The zero-order valence-electron chi connectivity index (χ0n) is 16.4. The van der Waals surface area contributed by atoms with Gasteiger partial charge in [-0.25, -0.2) is 9.67 Å². The molecule has 0 fully saturated rings. The average Bonchev–Trinajstić information content (AvgIpc) is 2.92. The average molecular weight is 392 g/mol. The Kier molecular flexibility index (Phi) is 6.15. The van der Waals surface area contributed by atoms with Crippen LogP contribution in [-0.2, 0) is 11.8 Å². The second-order valence-electron chi connectivity index (χ2n) is 6.92. The zero-order valence-corrected chi connectivity index (χ0v) is 17.2. The molecule has 0 saturated heterocycles. The van der Waals surface area contributed by atoms with Gasteiger partial charge in [0.25, 0.3) is 11.5 Å². The number of nitrogens with zero attached hydrogens (tertiary/aromatic N) is 4. The fourth-order valence-electron chi connectivity index (χ4n) is 2.77. The molecule has 2 rings (SSSR count). The molecule has 0 aliphatic rings. The fraction of sp³-hybridized carbons (Fsp3) is 0.500. The number of carbonyl (C=O) groups excluding carboxylic acids is 1. The van der Waals surface area contributed by atoms with Gasteiger partial charge in [0.1, 0.15) is 16.4 Å². The Morgan fingerprint density at radius 3 is 2.41 bits per heavy atom. The Labute approximate surface area is 161 Å². The van der Waals surface area contributed by atoms with Gasteiger partial charge in [0.2, 0.25) is 0 Å². The lowest BCUT2D eigenvalue weighted by Crippen LogP contribution is -2.38. The molecule has 8 nitrogen and oxygen atoms in total. The summed E-state index contributed by atoms with van der Waals surface area (Å²) >= 11 is 1.11. The molecule has 2 heterocycles. The topological polar surface area (TPSA) is 105 Å². The van der Waals surface area contributed by atoms with Crippen molar-refractivity contribution in [2.24, 2.45) is 13.0 Å². The van der Waals surface area contributed by atoms with E-state index in [0.29, 0.717) is 33.4 Å². The van der Waals surface area contributed by atoms with Crippen molar-refractivity contribution in [3.05, 3.63) is 32.2 Å². The van der Waals surface area contributed by atoms with E-state index in [2.05, 4.69) is 10.1 Å². The van der Waals surface area contributed by atoms with Gasteiger partial charge in [0.15, 0.2) is 0 Å². The van der Waals surface area contributed by atoms with Gasteiger partial charge < -0.3 is 10.0 Å². The lowest BCUT2D eigenvalue weighted by Gasteiger charge is -2.22. The molecular weight excluding hydrogens is 368 g/mol. The highest BCUT2D eigenvalue weighted by Gasteiger charge is 2.26. The van der Waals surface area contributed by atoms with E-state index >= 15 is 0 Å². The van der Waals surface area contributed by atoms with Crippen LogP contribution in [0.4, 0.5) is 0 Å². The highest BCUT2D eigenvalue weighted by molar-refractivity contribution is 7.17. The number of hydrogen-bond acceptors (Lipinski definition) is 6. The number of thiazole rings is 1. The van der Waals surface area contributed by atoms with Crippen LogP contribution in [0.2, 0.25) is 0 Å². The Morgan fingerprint density at radius 1 is 1.22 bits per heavy atom. The van der Waals surface area contributed by atoms with Crippen molar-refractivity contribution in [2.75, 3.05) is 13.1 Å². The van der Waals surface area contributed by atoms with Gasteiger partial charge >= 0.3 is 5.97 Å². The predicted molar refractivity (Wildman–Crippen MR) is 103 cm³/mol. The molecule has 1 amide bonds. The minimum atomic E-state index is -1.07. The van der Waals surface area contributed by atoms with Crippen LogP contribution in [0, 0.1) is 26.7 Å². The molecule has 0 aromatic carbocycles. The first-order valence-corrected chi connectivity index (χ1v) is 9.37. The number of carboxylic acids is 1. The number of carboxylic acid groups (broad SMARTS) is 1. The number of aryl methyl sites for hydroxylation is 3. The van der Waals surface area contributed by atoms with Crippen molar-refractivity contribution in [3.63, 3.8) is 0 Å². The molecule has 2 aromatic rings. The van der Waals surface area contributed by atoms with Crippen LogP contribution in [0.5, 0.6) is 0 Å². The van der Waals surface area contributed by atoms with Gasteiger partial charge in [-0.3, -0.25) is 14.4 Å². The lowest BCUT2D eigenvalue weighted by atomic mass is 10.1. The second kappa shape index (κ2) is 7.99. The molecule has 1 N–H and O–H groups in total. The van der Waals surface area contributed by atoms with Crippen molar-refractivity contribution in [1.82, 2.24) is 19.7 Å². The standard InChI is InChI=1S/C18H24N4O4S/c1-9(2)7-22(8-13(23)24)18(26)15-12(5)19-16(27-15)14-10(3)11(4)20-21(6)17(14)25/h9H,7-8H2,1-6H3,(H,23,24). The third kappa shape index (κ3) is 4.41. The summed E-state index contributed by atoms with van der Waals surface area (Å²) in [5.41, 5.74) is 2.05. The Hall–Kier alpha value is -2.55. The van der Waals surface area contributed by atoms with Gasteiger partial charge in [-0.2, -0.15) is 5.10 Å². The molecule has 0 atom stereocenters. The minimum Gasteiger partial charge on any atom is -0.480 e. The van der Waals surface area contributed by atoms with E-state index in [4.69, 9.17) is 5.11 Å². The normalized spacial score (nSPS) is 11.1. The van der Waals surface area contributed by atoms with Crippen LogP contribution < -0.4 is 5.56 Å². The number of aromatic nitrogens is 3. The van der Waals surface area contributed by atoms with Crippen molar-refractivity contribution in [3.8, 4) is 10.6 Å². The first-order chi connectivity index (χ1) is 12.5. The molecule has 0 spiro atoms. The first-order valence-electron chi connectivity index (χ1n) is 8.56. The van der Waals surface area contributed by atoms with Crippen molar-refractivity contribution < 1.29 is 14.7 Å². The molecule has 2 aromatic heterocycles. The third-order valence-electron chi connectivity index (χ3n) is 4.13. The quantitative estimate of drug-likeness (QED) is 0.806. The summed E-state index contributed by atoms with van der Waals surface area (Å²) in [6.07, 6.45) is 0. The van der Waals surface area contributed by atoms with Gasteiger partial charge in [-0.1, -0.05) is 13.8 Å². The molecule has 0 saturated carbocycles. The van der Waals surface area contributed by atoms with Crippen molar-refractivity contribution in [1.29, 1.82) is 0 Å². The van der Waals surface area contributed by atoms with Crippen LogP contribution in [-0.4, -0.2) is 49.7 Å². The molecule has 9 heteroatoms. The van der Waals surface area contributed by atoms with Crippen LogP contribution in [0.3, 0.4) is 0 Å². The van der Waals surface area contributed by atoms with E-state index in [0.717, 1.165) is 16.9 Å². The summed E-state index contributed by atoms with van der Waals surface area (Å²) < 4.78 is 1.26. The van der Waals surface area contributed by atoms with Crippen molar-refractivity contribution >= 4 is 23.2 Å². The minimum absolute atomic E-state index is 0.124. The molecule has 146 valence electrons. The monoisotopic (exact) mass is 392 g/mol. The van der Waals surface area contributed by atoms with E-state index in [9.17, 15) is 14.4 Å². The van der Waals surface area contributed by atoms with Gasteiger partial charge in [0, 0.05) is 13.6 Å². The van der Waals surface area contributed by atoms with Crippen molar-refractivity contribution in [2.45, 2.75) is 34.6 Å². The lowest BCUT2D eigenvalue weighted by molar-refractivity contribution is -0.137. The maximum Gasteiger partial charge on any atom is 0.323 e. The summed E-state index contributed by atoms with van der Waals surface area (Å²) in [4.78, 5) is 42.7. The molecule has 0 radical (unpaired) electrons. The van der Waals surface area contributed by atoms with E-state index < -0.39 is 5.97 Å². The molecule has 27 heavy (non-hydrogen) atoms. The summed E-state index contributed by atoms with van der Waals surface area (Å²) in [5.74, 6) is -1.33. The highest BCUT2D eigenvalue weighted by atomic mass is 32.1. The Morgan fingerprint density at radius 2 is 1.85 bits per heavy atom. The summed E-state index contributed by atoms with van der Waals surface area (Å²) in [5, 5.41) is 13.7. The van der Waals surface area contributed by atoms with Gasteiger partial charge in [-0.05, 0) is 32.3 Å². The first kappa shape index (κ1) is 20.8. The number of aliphatic carboxylic acids is 1. The zero-order chi connectivity index (χ0) is 20.5. The van der Waals surface area contributed by atoms with E-state index in [-0.39, 0.29) is 23.9 Å². The summed E-state index contributed by atoms with van der Waals surface area (Å²) in [7, 11) is 1.57. The maximum atomic E-state index is 12.9. The van der Waals surface area contributed by atoms with Gasteiger partial charge in [0.05, 0.1) is 17.0 Å². The van der Waals surface area contributed by atoms with Crippen LogP contribution in [0.15, 0.2) is 4.79 Å². The van der Waals surface area contributed by atoms with E-state index in [1.54, 1.807) is 20.9 Å². The molecule has 0 unspecified atom stereocenters. The number of carbonyl (C=O) groups is 2. The third-order valence-corrected chi connectivity index (χ3v) is 5.29. The SMILES string of the molecule is Cc1nc(-c2c(C)c(C)nn(C)c2=O)sc1C(=O)N(CC(=O)O)CC(C)C. The van der Waals surface area contributed by atoms with Gasteiger partial charge in [-0.15, -0.1) is 11.3 Å². The number of amides is 1. The van der Waals surface area contributed by atoms with E-state index in [1.165, 1.54) is 9.58 Å². The summed E-state index contributed by atoms with van der Waals surface area (Å²) in [6.45, 7) is 9.08. The molecule has 0 aliphatic heterocycles. The number of hydrogen-bond donors (Lipinski definition) is 1. The van der Waals surface area contributed by atoms with Crippen LogP contribution in [0.1, 0.15) is 40.5 Å².